The lowest BCUT2D eigenvalue weighted by Gasteiger charge is -2.18. The summed E-state index contributed by atoms with van der Waals surface area (Å²) in [6.07, 6.45) is 0. The molecule has 0 saturated carbocycles. The van der Waals surface area contributed by atoms with Crippen LogP contribution in [-0.2, 0) is 9.84 Å². The molecule has 0 amide bonds. The predicted octanol–water partition coefficient (Wildman–Crippen LogP) is 0.218. The summed E-state index contributed by atoms with van der Waals surface area (Å²) in [5.74, 6) is 0.793. The van der Waals surface area contributed by atoms with Gasteiger partial charge < -0.3 is 0 Å². The van der Waals surface area contributed by atoms with E-state index in [1.807, 2.05) is 0 Å². The molecule has 1 aliphatic heterocycles. The highest BCUT2D eigenvalue weighted by atomic mass is 127. The van der Waals surface area contributed by atoms with Crippen molar-refractivity contribution < 1.29 is 8.42 Å². The summed E-state index contributed by atoms with van der Waals surface area (Å²) >= 11 is 2.14. The summed E-state index contributed by atoms with van der Waals surface area (Å²) in [6, 6.07) is 0. The Morgan fingerprint density at radius 1 is 1.43 bits per heavy atom. The van der Waals surface area contributed by atoms with E-state index in [1.54, 1.807) is 0 Å². The summed E-state index contributed by atoms with van der Waals surface area (Å²) in [5, 5.41) is 0. The lowest BCUT2D eigenvalue weighted by atomic mass is 10.5. The molecule has 0 aromatic rings. The molecule has 1 rings (SSSR count). The molecule has 0 aromatic carbocycles. The van der Waals surface area contributed by atoms with E-state index in [0.717, 1.165) is 0 Å². The van der Waals surface area contributed by atoms with Gasteiger partial charge in [0.1, 0.15) is 0 Å². The minimum atomic E-state index is -2.54. The first-order valence-corrected chi connectivity index (χ1v) is 5.01. The average molecular weight is 232 g/mol. The van der Waals surface area contributed by atoms with Crippen LogP contribution in [0.4, 0.5) is 0 Å². The van der Waals surface area contributed by atoms with Crippen molar-refractivity contribution in [3.8, 4) is 0 Å². The second-order valence-electron chi connectivity index (χ2n) is 1.67. The van der Waals surface area contributed by atoms with Crippen molar-refractivity contribution in [3.63, 3.8) is 0 Å². The first-order valence-electron chi connectivity index (χ1n) is 1.95. The number of alkyl halides is 1. The van der Waals surface area contributed by atoms with Crippen LogP contribution < -0.4 is 0 Å². The van der Waals surface area contributed by atoms with E-state index in [-0.39, 0.29) is 0 Å². The summed E-state index contributed by atoms with van der Waals surface area (Å²) in [4.78, 5) is 0. The second kappa shape index (κ2) is 1.58. The number of halogens is 1. The zero-order valence-electron chi connectivity index (χ0n) is 3.59. The number of hydrogen-bond acceptors (Lipinski definition) is 2. The van der Waals surface area contributed by atoms with Crippen LogP contribution in [0.5, 0.6) is 0 Å². The van der Waals surface area contributed by atoms with Gasteiger partial charge in [0, 0.05) is 3.92 Å². The molecule has 7 heavy (non-hydrogen) atoms. The van der Waals surface area contributed by atoms with Gasteiger partial charge in [-0.05, 0) is 0 Å². The Hall–Kier alpha value is 0.680. The van der Waals surface area contributed by atoms with Gasteiger partial charge in [0.2, 0.25) is 0 Å². The fourth-order valence-corrected chi connectivity index (χ4v) is 4.79. The van der Waals surface area contributed by atoms with Gasteiger partial charge in [0.15, 0.2) is 9.84 Å². The van der Waals surface area contributed by atoms with Crippen LogP contribution >= 0.6 is 22.6 Å². The maximum absolute atomic E-state index is 10.3. The third-order valence-corrected chi connectivity index (χ3v) is 4.77. The third kappa shape index (κ3) is 1.28. The molecule has 42 valence electrons. The molecule has 0 atom stereocenters. The van der Waals surface area contributed by atoms with Crippen molar-refractivity contribution in [3.05, 3.63) is 0 Å². The molecule has 1 fully saturated rings. The molecule has 0 aromatic heterocycles. The Balaban J connectivity index is 2.61. The second-order valence-corrected chi connectivity index (χ2v) is 5.59. The Kier molecular flexibility index (Phi) is 1.31. The number of rotatable bonds is 0. The monoisotopic (exact) mass is 232 g/mol. The van der Waals surface area contributed by atoms with Gasteiger partial charge in [-0.1, -0.05) is 22.6 Å². The maximum Gasteiger partial charge on any atom is 0.152 e. The molecular formula is C3H5IO2S. The fourth-order valence-electron chi connectivity index (χ4n) is 0.502. The largest absolute Gasteiger partial charge is 0.229 e. The maximum atomic E-state index is 10.3. The van der Waals surface area contributed by atoms with Gasteiger partial charge in [-0.15, -0.1) is 0 Å². The summed E-state index contributed by atoms with van der Waals surface area (Å²) < 4.78 is 21.0. The summed E-state index contributed by atoms with van der Waals surface area (Å²) in [5.41, 5.74) is 0. The van der Waals surface area contributed by atoms with E-state index >= 15 is 0 Å². The Morgan fingerprint density at radius 2 is 1.86 bits per heavy atom. The highest BCUT2D eigenvalue weighted by molar-refractivity contribution is 14.1. The van der Waals surface area contributed by atoms with Crippen LogP contribution in [0.15, 0.2) is 0 Å². The van der Waals surface area contributed by atoms with Crippen LogP contribution in [-0.4, -0.2) is 23.8 Å². The van der Waals surface area contributed by atoms with Crippen molar-refractivity contribution in [1.82, 2.24) is 0 Å². The number of hydrogen-bond donors (Lipinski definition) is 0. The van der Waals surface area contributed by atoms with E-state index in [0.29, 0.717) is 15.4 Å². The van der Waals surface area contributed by atoms with E-state index in [2.05, 4.69) is 22.6 Å². The first kappa shape index (κ1) is 5.81. The Morgan fingerprint density at radius 3 is 1.86 bits per heavy atom. The van der Waals surface area contributed by atoms with Crippen molar-refractivity contribution in [1.29, 1.82) is 0 Å². The minimum absolute atomic E-state index is 0.391. The normalized spacial score (nSPS) is 29.3. The van der Waals surface area contributed by atoms with Gasteiger partial charge in [-0.2, -0.15) is 0 Å². The minimum Gasteiger partial charge on any atom is -0.229 e. The third-order valence-electron chi connectivity index (χ3n) is 0.870. The molecule has 0 unspecified atom stereocenters. The van der Waals surface area contributed by atoms with Gasteiger partial charge in [-0.25, -0.2) is 8.42 Å². The molecule has 1 heterocycles. The van der Waals surface area contributed by atoms with Crippen molar-refractivity contribution in [2.75, 3.05) is 11.5 Å². The highest BCUT2D eigenvalue weighted by Crippen LogP contribution is 2.18. The van der Waals surface area contributed by atoms with Crippen LogP contribution in [0, 0.1) is 0 Å². The van der Waals surface area contributed by atoms with E-state index < -0.39 is 9.84 Å². The molecule has 2 nitrogen and oxygen atoms in total. The van der Waals surface area contributed by atoms with Crippen molar-refractivity contribution in [2.45, 2.75) is 3.92 Å². The molecular weight excluding hydrogens is 227 g/mol. The average Bonchev–Trinajstić information content (AvgIpc) is 1.27. The smallest absolute Gasteiger partial charge is 0.152 e. The van der Waals surface area contributed by atoms with Crippen LogP contribution in [0.2, 0.25) is 0 Å². The van der Waals surface area contributed by atoms with E-state index in [9.17, 15) is 8.42 Å². The highest BCUT2D eigenvalue weighted by Gasteiger charge is 2.30. The molecule has 0 aliphatic carbocycles. The van der Waals surface area contributed by atoms with E-state index in [4.69, 9.17) is 0 Å². The Labute approximate surface area is 56.4 Å². The lowest BCUT2D eigenvalue weighted by Crippen LogP contribution is -2.36. The molecule has 0 spiro atoms. The van der Waals surface area contributed by atoms with E-state index in [1.165, 1.54) is 0 Å². The molecule has 1 saturated heterocycles. The van der Waals surface area contributed by atoms with Crippen LogP contribution in [0.3, 0.4) is 0 Å². The lowest BCUT2D eigenvalue weighted by molar-refractivity contribution is 0.584. The van der Waals surface area contributed by atoms with Crippen molar-refractivity contribution in [2.24, 2.45) is 0 Å². The zero-order valence-corrected chi connectivity index (χ0v) is 6.57. The van der Waals surface area contributed by atoms with Gasteiger partial charge in [0.05, 0.1) is 11.5 Å². The molecule has 0 bridgehead atoms. The predicted molar refractivity (Wildman–Crippen MR) is 36.5 cm³/mol. The molecule has 0 radical (unpaired) electrons. The van der Waals surface area contributed by atoms with Gasteiger partial charge >= 0.3 is 0 Å². The standard InChI is InChI=1S/C3H5IO2S/c4-3-1-7(5,6)2-3/h3H,1-2H2. The summed E-state index contributed by atoms with van der Waals surface area (Å²) in [6.45, 7) is 0. The fraction of sp³-hybridized carbons (Fsp3) is 1.00. The quantitative estimate of drug-likeness (QED) is 0.442. The van der Waals surface area contributed by atoms with Crippen molar-refractivity contribution >= 4 is 32.4 Å². The topological polar surface area (TPSA) is 34.1 Å². The Bertz CT molecular complexity index is 148. The van der Waals surface area contributed by atoms with Gasteiger partial charge in [-0.3, -0.25) is 0 Å². The first-order chi connectivity index (χ1) is 3.10. The van der Waals surface area contributed by atoms with Crippen LogP contribution in [0.1, 0.15) is 0 Å². The zero-order chi connectivity index (χ0) is 5.49. The van der Waals surface area contributed by atoms with Gasteiger partial charge in [0.25, 0.3) is 0 Å². The van der Waals surface area contributed by atoms with Crippen LogP contribution in [0.25, 0.3) is 0 Å². The molecule has 1 aliphatic rings. The molecule has 0 N–H and O–H groups in total. The molecule has 4 heteroatoms. The number of sulfone groups is 1. The summed E-state index contributed by atoms with van der Waals surface area (Å²) in [7, 11) is -2.54. The SMILES string of the molecule is O=S1(=O)CC(I)C1.